The van der Waals surface area contributed by atoms with E-state index in [1.165, 1.54) is 6.42 Å². The highest BCUT2D eigenvalue weighted by Gasteiger charge is 2.29. The molecule has 0 aromatic rings. The zero-order valence-electron chi connectivity index (χ0n) is 8.68. The van der Waals surface area contributed by atoms with E-state index in [1.807, 2.05) is 4.90 Å². The maximum absolute atomic E-state index is 11.3. The van der Waals surface area contributed by atoms with Crippen molar-refractivity contribution in [2.75, 3.05) is 19.6 Å². The molecule has 1 saturated heterocycles. The van der Waals surface area contributed by atoms with Gasteiger partial charge in [-0.05, 0) is 18.3 Å². The summed E-state index contributed by atoms with van der Waals surface area (Å²) in [5.41, 5.74) is 5.76. The molecule has 0 atom stereocenters. The van der Waals surface area contributed by atoms with Crippen LogP contribution >= 0.6 is 0 Å². The summed E-state index contributed by atoms with van der Waals surface area (Å²) in [6.45, 7) is 6.46. The Labute approximate surface area is 80.3 Å². The van der Waals surface area contributed by atoms with Crippen LogP contribution in [-0.2, 0) is 4.79 Å². The Balaban J connectivity index is 2.43. The minimum atomic E-state index is 0.0955. The molecule has 1 rings (SSSR count). The number of carbonyl (C=O) groups excluding carboxylic acids is 1. The first-order valence-corrected chi connectivity index (χ1v) is 5.09. The van der Waals surface area contributed by atoms with Crippen LogP contribution in [-0.4, -0.2) is 30.4 Å². The predicted octanol–water partition coefficient (Wildman–Crippen LogP) is 0.984. The highest BCUT2D eigenvalue weighted by molar-refractivity contribution is 5.78. The third-order valence-corrected chi connectivity index (χ3v) is 3.35. The maximum Gasteiger partial charge on any atom is 0.236 e. The van der Waals surface area contributed by atoms with E-state index in [-0.39, 0.29) is 12.5 Å². The quantitative estimate of drug-likeness (QED) is 0.695. The molecule has 1 aliphatic heterocycles. The monoisotopic (exact) mass is 184 g/mol. The Morgan fingerprint density at radius 3 is 2.38 bits per heavy atom. The summed E-state index contributed by atoms with van der Waals surface area (Å²) >= 11 is 0. The number of carbonyl (C=O) groups is 1. The zero-order valence-corrected chi connectivity index (χ0v) is 8.68. The second-order valence-electron chi connectivity index (χ2n) is 4.25. The van der Waals surface area contributed by atoms with Crippen molar-refractivity contribution in [3.05, 3.63) is 0 Å². The maximum atomic E-state index is 11.3. The van der Waals surface area contributed by atoms with E-state index >= 15 is 0 Å². The molecule has 0 unspecified atom stereocenters. The van der Waals surface area contributed by atoms with Crippen molar-refractivity contribution in [3.8, 4) is 0 Å². The van der Waals surface area contributed by atoms with Crippen LogP contribution in [0.15, 0.2) is 0 Å². The van der Waals surface area contributed by atoms with Crippen LogP contribution in [0.2, 0.25) is 0 Å². The molecule has 0 aliphatic carbocycles. The molecule has 0 aromatic heterocycles. The standard InChI is InChI=1S/C10H20N2O/c1-3-10(2)4-6-12(7-5-10)9(13)8-11/h3-8,11H2,1-2H3. The molecule has 0 bridgehead atoms. The van der Waals surface area contributed by atoms with Gasteiger partial charge in [-0.15, -0.1) is 0 Å². The molecule has 0 saturated carbocycles. The number of likely N-dealkylation sites (tertiary alicyclic amines) is 1. The van der Waals surface area contributed by atoms with Gasteiger partial charge in [-0.3, -0.25) is 4.79 Å². The van der Waals surface area contributed by atoms with Gasteiger partial charge < -0.3 is 10.6 Å². The molecular formula is C10H20N2O. The fourth-order valence-electron chi connectivity index (χ4n) is 1.78. The fraction of sp³-hybridized carbons (Fsp3) is 0.900. The minimum Gasteiger partial charge on any atom is -0.342 e. The number of rotatable bonds is 2. The fourth-order valence-corrected chi connectivity index (χ4v) is 1.78. The SMILES string of the molecule is CCC1(C)CCN(C(=O)CN)CC1. The van der Waals surface area contributed by atoms with E-state index in [4.69, 9.17) is 5.73 Å². The van der Waals surface area contributed by atoms with Gasteiger partial charge in [-0.2, -0.15) is 0 Å². The Kier molecular flexibility index (Phi) is 3.31. The van der Waals surface area contributed by atoms with Crippen molar-refractivity contribution in [3.63, 3.8) is 0 Å². The molecule has 13 heavy (non-hydrogen) atoms. The van der Waals surface area contributed by atoms with Gasteiger partial charge in [-0.25, -0.2) is 0 Å². The van der Waals surface area contributed by atoms with Crippen molar-refractivity contribution in [2.24, 2.45) is 11.1 Å². The topological polar surface area (TPSA) is 46.3 Å². The lowest BCUT2D eigenvalue weighted by molar-refractivity contribution is -0.131. The van der Waals surface area contributed by atoms with Crippen molar-refractivity contribution >= 4 is 5.91 Å². The average Bonchev–Trinajstić information content (AvgIpc) is 2.18. The van der Waals surface area contributed by atoms with Crippen LogP contribution in [0.25, 0.3) is 0 Å². The normalized spacial score (nSPS) is 21.6. The largest absolute Gasteiger partial charge is 0.342 e. The average molecular weight is 184 g/mol. The number of nitrogens with two attached hydrogens (primary N) is 1. The summed E-state index contributed by atoms with van der Waals surface area (Å²) < 4.78 is 0. The molecule has 3 nitrogen and oxygen atoms in total. The number of hydrogen-bond acceptors (Lipinski definition) is 2. The van der Waals surface area contributed by atoms with Crippen LogP contribution < -0.4 is 5.73 Å². The lowest BCUT2D eigenvalue weighted by Crippen LogP contribution is -2.44. The van der Waals surface area contributed by atoms with E-state index in [0.29, 0.717) is 5.41 Å². The number of nitrogens with zero attached hydrogens (tertiary/aromatic N) is 1. The Bertz CT molecular complexity index is 183. The van der Waals surface area contributed by atoms with Crippen molar-refractivity contribution in [1.82, 2.24) is 4.90 Å². The summed E-state index contributed by atoms with van der Waals surface area (Å²) in [6, 6.07) is 0. The summed E-state index contributed by atoms with van der Waals surface area (Å²) in [5.74, 6) is 0.0955. The molecule has 0 aromatic carbocycles. The molecule has 2 N–H and O–H groups in total. The molecule has 1 heterocycles. The van der Waals surface area contributed by atoms with Gasteiger partial charge in [0.25, 0.3) is 0 Å². The highest BCUT2D eigenvalue weighted by Crippen LogP contribution is 2.33. The van der Waals surface area contributed by atoms with Gasteiger partial charge in [0.15, 0.2) is 0 Å². The van der Waals surface area contributed by atoms with Crippen LogP contribution in [0, 0.1) is 5.41 Å². The van der Waals surface area contributed by atoms with Crippen LogP contribution in [0.4, 0.5) is 0 Å². The lowest BCUT2D eigenvalue weighted by atomic mass is 9.78. The lowest BCUT2D eigenvalue weighted by Gasteiger charge is -2.38. The second kappa shape index (κ2) is 4.09. The summed E-state index contributed by atoms with van der Waals surface area (Å²) in [4.78, 5) is 13.2. The first-order valence-electron chi connectivity index (χ1n) is 5.09. The Hall–Kier alpha value is -0.570. The first kappa shape index (κ1) is 10.5. The highest BCUT2D eigenvalue weighted by atomic mass is 16.2. The predicted molar refractivity (Wildman–Crippen MR) is 53.3 cm³/mol. The Morgan fingerprint density at radius 2 is 2.00 bits per heavy atom. The molecule has 1 fully saturated rings. The van der Waals surface area contributed by atoms with Crippen LogP contribution in [0.3, 0.4) is 0 Å². The number of hydrogen-bond donors (Lipinski definition) is 1. The van der Waals surface area contributed by atoms with Crippen LogP contribution in [0.5, 0.6) is 0 Å². The first-order chi connectivity index (χ1) is 6.11. The van der Waals surface area contributed by atoms with E-state index in [0.717, 1.165) is 25.9 Å². The van der Waals surface area contributed by atoms with Crippen molar-refractivity contribution < 1.29 is 4.79 Å². The van der Waals surface area contributed by atoms with Crippen molar-refractivity contribution in [1.29, 1.82) is 0 Å². The summed E-state index contributed by atoms with van der Waals surface area (Å²) in [6.07, 6.45) is 3.45. The van der Waals surface area contributed by atoms with Gasteiger partial charge >= 0.3 is 0 Å². The molecule has 0 radical (unpaired) electrons. The van der Waals surface area contributed by atoms with Gasteiger partial charge in [0.2, 0.25) is 5.91 Å². The van der Waals surface area contributed by atoms with Crippen LogP contribution in [0.1, 0.15) is 33.1 Å². The van der Waals surface area contributed by atoms with Gasteiger partial charge in [0.1, 0.15) is 0 Å². The molecule has 0 spiro atoms. The van der Waals surface area contributed by atoms with Gasteiger partial charge in [-0.1, -0.05) is 20.3 Å². The number of piperidine rings is 1. The third kappa shape index (κ3) is 2.44. The summed E-state index contributed by atoms with van der Waals surface area (Å²) in [7, 11) is 0. The zero-order chi connectivity index (χ0) is 9.90. The van der Waals surface area contributed by atoms with Gasteiger partial charge in [0.05, 0.1) is 6.54 Å². The molecule has 1 amide bonds. The smallest absolute Gasteiger partial charge is 0.236 e. The Morgan fingerprint density at radius 1 is 1.46 bits per heavy atom. The van der Waals surface area contributed by atoms with E-state index in [2.05, 4.69) is 13.8 Å². The molecule has 76 valence electrons. The van der Waals surface area contributed by atoms with Crippen molar-refractivity contribution in [2.45, 2.75) is 33.1 Å². The van der Waals surface area contributed by atoms with E-state index < -0.39 is 0 Å². The second-order valence-corrected chi connectivity index (χ2v) is 4.25. The molecule has 3 heteroatoms. The number of amides is 1. The minimum absolute atomic E-state index is 0.0955. The third-order valence-electron chi connectivity index (χ3n) is 3.35. The molecular weight excluding hydrogens is 164 g/mol. The van der Waals surface area contributed by atoms with E-state index in [9.17, 15) is 4.79 Å². The summed E-state index contributed by atoms with van der Waals surface area (Å²) in [5, 5.41) is 0. The van der Waals surface area contributed by atoms with E-state index in [1.54, 1.807) is 0 Å². The molecule has 1 aliphatic rings. The van der Waals surface area contributed by atoms with Gasteiger partial charge in [0, 0.05) is 13.1 Å².